The maximum Gasteiger partial charge on any atom is 0.175 e. The van der Waals surface area contributed by atoms with E-state index in [2.05, 4.69) is 32.7 Å². The molecule has 0 aromatic heterocycles. The van der Waals surface area contributed by atoms with Gasteiger partial charge in [0, 0.05) is 6.61 Å². The van der Waals surface area contributed by atoms with Crippen LogP contribution in [-0.2, 0) is 4.12 Å². The van der Waals surface area contributed by atoms with Crippen molar-refractivity contribution in [2.45, 2.75) is 51.3 Å². The molecule has 0 aliphatic carbocycles. The first-order valence-corrected chi connectivity index (χ1v) is 11.7. The highest BCUT2D eigenvalue weighted by Gasteiger charge is 2.31. The Kier molecular flexibility index (Phi) is 5.53. The summed E-state index contributed by atoms with van der Waals surface area (Å²) in [5, 5.41) is 18.3. The maximum atomic E-state index is 9.59. The SMILES string of the molecule is C[Si](C)(C)O[Si](C)(C)CC(O)CCO. The highest BCUT2D eigenvalue weighted by atomic mass is 28.4. The molecule has 0 amide bonds. The van der Waals surface area contributed by atoms with E-state index < -0.39 is 22.7 Å². The van der Waals surface area contributed by atoms with E-state index in [1.165, 1.54) is 0 Å². The quantitative estimate of drug-likeness (QED) is 0.691. The van der Waals surface area contributed by atoms with Crippen LogP contribution in [0.3, 0.4) is 0 Å². The minimum Gasteiger partial charge on any atom is -0.456 e. The Morgan fingerprint density at radius 1 is 1.14 bits per heavy atom. The predicted octanol–water partition coefficient (Wildman–Crippen LogP) is 1.79. The van der Waals surface area contributed by atoms with E-state index in [1.54, 1.807) is 0 Å². The van der Waals surface area contributed by atoms with Crippen molar-refractivity contribution >= 4 is 16.6 Å². The smallest absolute Gasteiger partial charge is 0.175 e. The van der Waals surface area contributed by atoms with Crippen molar-refractivity contribution in [1.82, 2.24) is 0 Å². The average Bonchev–Trinajstić information content (AvgIpc) is 1.78. The van der Waals surface area contributed by atoms with E-state index in [-0.39, 0.29) is 6.61 Å². The van der Waals surface area contributed by atoms with Gasteiger partial charge in [0.2, 0.25) is 0 Å². The zero-order valence-corrected chi connectivity index (χ0v) is 12.0. The molecule has 0 fully saturated rings. The van der Waals surface area contributed by atoms with Crippen LogP contribution in [-0.4, -0.2) is 39.6 Å². The molecule has 5 heteroatoms. The molecule has 0 radical (unpaired) electrons. The second-order valence-corrected chi connectivity index (χ2v) is 14.3. The lowest BCUT2D eigenvalue weighted by Gasteiger charge is -2.32. The van der Waals surface area contributed by atoms with Crippen molar-refractivity contribution < 1.29 is 14.3 Å². The van der Waals surface area contributed by atoms with Crippen molar-refractivity contribution in [2.75, 3.05) is 6.61 Å². The van der Waals surface area contributed by atoms with Gasteiger partial charge in [0.1, 0.15) is 0 Å². The van der Waals surface area contributed by atoms with Crippen molar-refractivity contribution in [3.8, 4) is 0 Å². The highest BCUT2D eigenvalue weighted by molar-refractivity contribution is 6.84. The van der Waals surface area contributed by atoms with Crippen LogP contribution in [0.5, 0.6) is 0 Å². The van der Waals surface area contributed by atoms with Gasteiger partial charge in [-0.3, -0.25) is 0 Å². The average molecular weight is 236 g/mol. The van der Waals surface area contributed by atoms with Crippen LogP contribution in [0.25, 0.3) is 0 Å². The van der Waals surface area contributed by atoms with Crippen molar-refractivity contribution in [3.05, 3.63) is 0 Å². The normalized spacial score (nSPS) is 15.6. The molecule has 0 rings (SSSR count). The van der Waals surface area contributed by atoms with Crippen LogP contribution in [0, 0.1) is 0 Å². The first kappa shape index (κ1) is 14.3. The van der Waals surface area contributed by atoms with Crippen LogP contribution in [0.15, 0.2) is 0 Å². The van der Waals surface area contributed by atoms with Gasteiger partial charge in [-0.2, -0.15) is 0 Å². The minimum atomic E-state index is -1.74. The van der Waals surface area contributed by atoms with Crippen molar-refractivity contribution in [3.63, 3.8) is 0 Å². The zero-order chi connectivity index (χ0) is 11.4. The van der Waals surface area contributed by atoms with E-state index in [0.29, 0.717) is 6.42 Å². The van der Waals surface area contributed by atoms with Gasteiger partial charge in [0.05, 0.1) is 6.10 Å². The van der Waals surface area contributed by atoms with Gasteiger partial charge in [0.15, 0.2) is 16.6 Å². The number of aliphatic hydroxyl groups is 2. The van der Waals surface area contributed by atoms with Crippen LogP contribution in [0.2, 0.25) is 38.8 Å². The second-order valence-electron chi connectivity index (χ2n) is 5.34. The Morgan fingerprint density at radius 2 is 1.64 bits per heavy atom. The molecule has 0 heterocycles. The monoisotopic (exact) mass is 236 g/mol. The summed E-state index contributed by atoms with van der Waals surface area (Å²) in [4.78, 5) is 0. The minimum absolute atomic E-state index is 0.0542. The highest BCUT2D eigenvalue weighted by Crippen LogP contribution is 2.20. The lowest BCUT2D eigenvalue weighted by Crippen LogP contribution is -2.44. The summed E-state index contributed by atoms with van der Waals surface area (Å²) in [5.74, 6) is 0. The number of aliphatic hydroxyl groups excluding tert-OH is 2. The fourth-order valence-corrected chi connectivity index (χ4v) is 9.99. The topological polar surface area (TPSA) is 49.7 Å². The van der Waals surface area contributed by atoms with E-state index >= 15 is 0 Å². The Morgan fingerprint density at radius 3 is 2.00 bits per heavy atom. The van der Waals surface area contributed by atoms with Gasteiger partial charge in [-0.05, 0) is 45.2 Å². The number of rotatable bonds is 6. The molecule has 0 saturated heterocycles. The van der Waals surface area contributed by atoms with Crippen molar-refractivity contribution in [2.24, 2.45) is 0 Å². The number of hydrogen-bond donors (Lipinski definition) is 2. The van der Waals surface area contributed by atoms with Gasteiger partial charge in [-0.15, -0.1) is 0 Å². The molecule has 0 aliphatic rings. The van der Waals surface area contributed by atoms with Gasteiger partial charge < -0.3 is 14.3 Å². The van der Waals surface area contributed by atoms with E-state index in [0.717, 1.165) is 6.04 Å². The summed E-state index contributed by atoms with van der Waals surface area (Å²) in [6.45, 7) is 10.8. The predicted molar refractivity (Wildman–Crippen MR) is 64.4 cm³/mol. The molecule has 1 unspecified atom stereocenters. The van der Waals surface area contributed by atoms with Crippen LogP contribution in [0.4, 0.5) is 0 Å². The molecule has 2 N–H and O–H groups in total. The third-order valence-electron chi connectivity index (χ3n) is 1.77. The van der Waals surface area contributed by atoms with Gasteiger partial charge in [-0.25, -0.2) is 0 Å². The maximum absolute atomic E-state index is 9.59. The second kappa shape index (κ2) is 5.41. The van der Waals surface area contributed by atoms with E-state index in [4.69, 9.17) is 9.22 Å². The first-order chi connectivity index (χ1) is 6.16. The summed E-state index contributed by atoms with van der Waals surface area (Å²) in [6, 6.07) is 0.720. The Hall–Kier alpha value is 0.314. The number of hydrogen-bond acceptors (Lipinski definition) is 3. The molecule has 0 saturated carbocycles. The molecule has 0 bridgehead atoms. The van der Waals surface area contributed by atoms with E-state index in [1.807, 2.05) is 0 Å². The third-order valence-corrected chi connectivity index (χ3v) is 7.89. The largest absolute Gasteiger partial charge is 0.456 e. The van der Waals surface area contributed by atoms with Gasteiger partial charge >= 0.3 is 0 Å². The van der Waals surface area contributed by atoms with E-state index in [9.17, 15) is 5.11 Å². The lowest BCUT2D eigenvalue weighted by atomic mass is 10.3. The molecule has 0 aromatic carbocycles. The fraction of sp³-hybridized carbons (Fsp3) is 1.00. The molecule has 0 aromatic rings. The summed E-state index contributed by atoms with van der Waals surface area (Å²) >= 11 is 0. The molecule has 86 valence electrons. The van der Waals surface area contributed by atoms with Crippen molar-refractivity contribution in [1.29, 1.82) is 0 Å². The first-order valence-electron chi connectivity index (χ1n) is 5.15. The zero-order valence-electron chi connectivity index (χ0n) is 10.0. The summed E-state index contributed by atoms with van der Waals surface area (Å²) in [6.07, 6.45) is 0.0592. The van der Waals surface area contributed by atoms with Gasteiger partial charge in [0.25, 0.3) is 0 Å². The summed E-state index contributed by atoms with van der Waals surface area (Å²) < 4.78 is 6.08. The Balaban J connectivity index is 4.06. The standard InChI is InChI=1S/C9H24O3Si2/c1-13(2,3)12-14(4,5)8-9(11)6-7-10/h9-11H,6-8H2,1-5H3. The molecule has 0 aliphatic heterocycles. The fourth-order valence-electron chi connectivity index (χ4n) is 1.69. The molecular formula is C9H24O3Si2. The molecule has 1 atom stereocenters. The molecular weight excluding hydrogens is 212 g/mol. The Bertz CT molecular complexity index is 166. The van der Waals surface area contributed by atoms with Crippen LogP contribution < -0.4 is 0 Å². The third kappa shape index (κ3) is 7.69. The Labute approximate surface area is 89.4 Å². The molecule has 14 heavy (non-hydrogen) atoms. The summed E-state index contributed by atoms with van der Waals surface area (Å²) in [7, 11) is -3.23. The summed E-state index contributed by atoms with van der Waals surface area (Å²) in [5.41, 5.74) is 0. The molecule has 3 nitrogen and oxygen atoms in total. The molecule has 0 spiro atoms. The van der Waals surface area contributed by atoms with Gasteiger partial charge in [-0.1, -0.05) is 0 Å². The van der Waals surface area contributed by atoms with Crippen LogP contribution in [0.1, 0.15) is 6.42 Å². The van der Waals surface area contributed by atoms with Crippen LogP contribution >= 0.6 is 0 Å². The lowest BCUT2D eigenvalue weighted by molar-refractivity contribution is 0.145.